The van der Waals surface area contributed by atoms with E-state index in [1.54, 1.807) is 19.2 Å². The van der Waals surface area contributed by atoms with Crippen LogP contribution >= 0.6 is 0 Å². The highest BCUT2D eigenvalue weighted by atomic mass is 16.5. The lowest BCUT2D eigenvalue weighted by Crippen LogP contribution is -2.11. The van der Waals surface area contributed by atoms with Gasteiger partial charge in [0.25, 0.3) is 0 Å². The largest absolute Gasteiger partial charge is 0.497 e. The molecule has 0 radical (unpaired) electrons. The third-order valence-corrected chi connectivity index (χ3v) is 1.89. The summed E-state index contributed by atoms with van der Waals surface area (Å²) in [4.78, 5) is 10.9. The zero-order chi connectivity index (χ0) is 9.84. The molecule has 1 aromatic rings. The number of benzene rings is 1. The van der Waals surface area contributed by atoms with Crippen molar-refractivity contribution in [2.24, 2.45) is 5.73 Å². The molecule has 0 aliphatic carbocycles. The molecule has 0 fully saturated rings. The maximum Gasteiger partial charge on any atom is 0.248 e. The molecule has 2 N–H and O–H groups in total. The molecule has 13 heavy (non-hydrogen) atoms. The van der Waals surface area contributed by atoms with Gasteiger partial charge in [-0.3, -0.25) is 4.79 Å². The molecule has 70 valence electrons. The first-order chi connectivity index (χ1) is 6.17. The van der Waals surface area contributed by atoms with Crippen molar-refractivity contribution in [2.45, 2.75) is 13.3 Å². The standard InChI is InChI=1S/C10H13NO2/c1-3-7-4-8(10(11)12)6-9(5-7)13-2/h4-6H,3H2,1-2H3,(H2,11,12). The summed E-state index contributed by atoms with van der Waals surface area (Å²) in [6.07, 6.45) is 0.859. The Hall–Kier alpha value is -1.51. The molecule has 0 aliphatic heterocycles. The summed E-state index contributed by atoms with van der Waals surface area (Å²) in [6, 6.07) is 5.32. The average Bonchev–Trinajstić information content (AvgIpc) is 2.16. The number of methoxy groups -OCH3 is 1. The Labute approximate surface area is 77.5 Å². The van der Waals surface area contributed by atoms with Crippen LogP contribution in [0.5, 0.6) is 5.75 Å². The lowest BCUT2D eigenvalue weighted by atomic mass is 10.1. The molecule has 0 saturated heterocycles. The first-order valence-corrected chi connectivity index (χ1v) is 4.15. The Morgan fingerprint density at radius 1 is 1.46 bits per heavy atom. The van der Waals surface area contributed by atoms with Crippen LogP contribution in [0.15, 0.2) is 18.2 Å². The van der Waals surface area contributed by atoms with Crippen molar-refractivity contribution >= 4 is 5.91 Å². The van der Waals surface area contributed by atoms with Crippen molar-refractivity contribution in [3.63, 3.8) is 0 Å². The molecule has 3 nitrogen and oxygen atoms in total. The normalized spacial score (nSPS) is 9.69. The van der Waals surface area contributed by atoms with Gasteiger partial charge >= 0.3 is 0 Å². The summed E-state index contributed by atoms with van der Waals surface area (Å²) in [5.41, 5.74) is 6.71. The maximum atomic E-state index is 10.9. The Kier molecular flexibility index (Phi) is 2.90. The van der Waals surface area contributed by atoms with Gasteiger partial charge in [0.05, 0.1) is 7.11 Å². The summed E-state index contributed by atoms with van der Waals surface area (Å²) < 4.78 is 5.04. The number of carbonyl (C=O) groups is 1. The van der Waals surface area contributed by atoms with Crippen molar-refractivity contribution in [2.75, 3.05) is 7.11 Å². The Balaban J connectivity index is 3.14. The van der Waals surface area contributed by atoms with Crippen LogP contribution in [0, 0.1) is 0 Å². The molecule has 0 atom stereocenters. The van der Waals surface area contributed by atoms with E-state index in [9.17, 15) is 4.79 Å². The van der Waals surface area contributed by atoms with E-state index >= 15 is 0 Å². The molecule has 0 aliphatic rings. The molecule has 0 heterocycles. The van der Waals surface area contributed by atoms with Crippen molar-refractivity contribution < 1.29 is 9.53 Å². The van der Waals surface area contributed by atoms with Crippen LogP contribution in [-0.4, -0.2) is 13.0 Å². The van der Waals surface area contributed by atoms with Crippen LogP contribution in [0.3, 0.4) is 0 Å². The van der Waals surface area contributed by atoms with Gasteiger partial charge in [0, 0.05) is 5.56 Å². The number of hydrogen-bond donors (Lipinski definition) is 1. The monoisotopic (exact) mass is 179 g/mol. The van der Waals surface area contributed by atoms with Crippen molar-refractivity contribution in [3.05, 3.63) is 29.3 Å². The molecular formula is C10H13NO2. The number of nitrogens with two attached hydrogens (primary N) is 1. The highest BCUT2D eigenvalue weighted by molar-refractivity contribution is 5.93. The summed E-state index contributed by atoms with van der Waals surface area (Å²) in [5, 5.41) is 0. The quantitative estimate of drug-likeness (QED) is 0.761. The van der Waals surface area contributed by atoms with Crippen molar-refractivity contribution in [1.29, 1.82) is 0 Å². The lowest BCUT2D eigenvalue weighted by Gasteiger charge is -2.05. The van der Waals surface area contributed by atoms with Gasteiger partial charge in [0.1, 0.15) is 5.75 Å². The van der Waals surface area contributed by atoms with Gasteiger partial charge in [-0.15, -0.1) is 0 Å². The minimum atomic E-state index is -0.423. The second-order valence-corrected chi connectivity index (χ2v) is 2.79. The summed E-state index contributed by atoms with van der Waals surface area (Å²) in [6.45, 7) is 2.01. The first kappa shape index (κ1) is 9.58. The number of hydrogen-bond acceptors (Lipinski definition) is 2. The van der Waals surface area contributed by atoms with Crippen LogP contribution in [-0.2, 0) is 6.42 Å². The number of aryl methyl sites for hydroxylation is 1. The molecule has 1 rings (SSSR count). The van der Waals surface area contributed by atoms with E-state index in [4.69, 9.17) is 10.5 Å². The predicted octanol–water partition coefficient (Wildman–Crippen LogP) is 1.36. The summed E-state index contributed by atoms with van der Waals surface area (Å²) in [5.74, 6) is 0.252. The Morgan fingerprint density at radius 2 is 2.15 bits per heavy atom. The van der Waals surface area contributed by atoms with E-state index in [0.717, 1.165) is 12.0 Å². The topological polar surface area (TPSA) is 52.3 Å². The van der Waals surface area contributed by atoms with Crippen molar-refractivity contribution in [3.8, 4) is 5.75 Å². The Morgan fingerprint density at radius 3 is 2.62 bits per heavy atom. The highest BCUT2D eigenvalue weighted by Gasteiger charge is 2.04. The third kappa shape index (κ3) is 2.21. The van der Waals surface area contributed by atoms with Gasteiger partial charge in [-0.25, -0.2) is 0 Å². The Bertz CT molecular complexity index is 298. The first-order valence-electron chi connectivity index (χ1n) is 4.15. The lowest BCUT2D eigenvalue weighted by molar-refractivity contribution is 0.1000. The van der Waals surface area contributed by atoms with Gasteiger partial charge in [-0.1, -0.05) is 6.92 Å². The number of carbonyl (C=O) groups excluding carboxylic acids is 1. The minimum absolute atomic E-state index is 0.423. The molecule has 3 heteroatoms. The van der Waals surface area contributed by atoms with Crippen LogP contribution in [0.4, 0.5) is 0 Å². The van der Waals surface area contributed by atoms with E-state index < -0.39 is 5.91 Å². The van der Waals surface area contributed by atoms with Crippen LogP contribution in [0.2, 0.25) is 0 Å². The number of rotatable bonds is 3. The average molecular weight is 179 g/mol. The molecule has 0 spiro atoms. The van der Waals surface area contributed by atoms with Crippen LogP contribution in [0.25, 0.3) is 0 Å². The highest BCUT2D eigenvalue weighted by Crippen LogP contribution is 2.16. The van der Waals surface area contributed by atoms with E-state index in [1.807, 2.05) is 13.0 Å². The van der Waals surface area contributed by atoms with Gasteiger partial charge < -0.3 is 10.5 Å². The molecule has 1 amide bonds. The van der Waals surface area contributed by atoms with Gasteiger partial charge in [-0.2, -0.15) is 0 Å². The number of amides is 1. The van der Waals surface area contributed by atoms with E-state index in [0.29, 0.717) is 11.3 Å². The SMILES string of the molecule is CCc1cc(OC)cc(C(N)=O)c1. The zero-order valence-electron chi connectivity index (χ0n) is 7.83. The van der Waals surface area contributed by atoms with Gasteiger partial charge in [0.2, 0.25) is 5.91 Å². The minimum Gasteiger partial charge on any atom is -0.497 e. The molecule has 0 unspecified atom stereocenters. The smallest absolute Gasteiger partial charge is 0.248 e. The number of primary amides is 1. The van der Waals surface area contributed by atoms with E-state index in [1.165, 1.54) is 0 Å². The molecule has 0 bridgehead atoms. The van der Waals surface area contributed by atoms with E-state index in [2.05, 4.69) is 0 Å². The molecule has 0 aromatic heterocycles. The molecular weight excluding hydrogens is 166 g/mol. The van der Waals surface area contributed by atoms with Gasteiger partial charge in [-0.05, 0) is 30.2 Å². The molecule has 0 saturated carbocycles. The second kappa shape index (κ2) is 3.94. The van der Waals surface area contributed by atoms with Crippen LogP contribution < -0.4 is 10.5 Å². The maximum absolute atomic E-state index is 10.9. The fraction of sp³-hybridized carbons (Fsp3) is 0.300. The summed E-state index contributed by atoms with van der Waals surface area (Å²) in [7, 11) is 1.57. The van der Waals surface area contributed by atoms with Crippen molar-refractivity contribution in [1.82, 2.24) is 0 Å². The second-order valence-electron chi connectivity index (χ2n) is 2.79. The van der Waals surface area contributed by atoms with Gasteiger partial charge in [0.15, 0.2) is 0 Å². The number of ether oxygens (including phenoxy) is 1. The summed E-state index contributed by atoms with van der Waals surface area (Å²) >= 11 is 0. The van der Waals surface area contributed by atoms with E-state index in [-0.39, 0.29) is 0 Å². The third-order valence-electron chi connectivity index (χ3n) is 1.89. The molecule has 1 aromatic carbocycles. The predicted molar refractivity (Wildman–Crippen MR) is 50.9 cm³/mol. The van der Waals surface area contributed by atoms with Crippen LogP contribution in [0.1, 0.15) is 22.8 Å². The fourth-order valence-electron chi connectivity index (χ4n) is 1.12. The zero-order valence-corrected chi connectivity index (χ0v) is 7.83. The fourth-order valence-corrected chi connectivity index (χ4v) is 1.12.